The van der Waals surface area contributed by atoms with Crippen molar-refractivity contribution in [2.75, 3.05) is 18.1 Å². The van der Waals surface area contributed by atoms with Crippen LogP contribution >= 0.6 is 0 Å². The highest BCUT2D eigenvalue weighted by Gasteiger charge is 1.96. The van der Waals surface area contributed by atoms with Crippen molar-refractivity contribution in [1.29, 1.82) is 5.26 Å². The third-order valence-corrected chi connectivity index (χ3v) is 3.54. The largest absolute Gasteiger partial charge is 0.312 e. The first-order valence-corrected chi connectivity index (χ1v) is 6.79. The van der Waals surface area contributed by atoms with Gasteiger partial charge in [-0.05, 0) is 17.7 Å². The van der Waals surface area contributed by atoms with Gasteiger partial charge in [-0.15, -0.1) is 0 Å². The lowest BCUT2D eigenvalue weighted by Gasteiger charge is -2.04. The van der Waals surface area contributed by atoms with Gasteiger partial charge in [-0.2, -0.15) is 5.26 Å². The highest BCUT2D eigenvalue weighted by atomic mass is 32.2. The monoisotopic (exact) mass is 236 g/mol. The molecular formula is C12H16N2OS. The molecule has 0 bridgehead atoms. The highest BCUT2D eigenvalue weighted by Crippen LogP contribution is 2.02. The summed E-state index contributed by atoms with van der Waals surface area (Å²) in [5, 5.41) is 11.9. The van der Waals surface area contributed by atoms with Crippen LogP contribution in [0.5, 0.6) is 0 Å². The van der Waals surface area contributed by atoms with E-state index in [0.717, 1.165) is 24.4 Å². The maximum atomic E-state index is 11.1. The summed E-state index contributed by atoms with van der Waals surface area (Å²) in [7, 11) is -0.696. The summed E-state index contributed by atoms with van der Waals surface area (Å²) in [4.78, 5) is 0. The van der Waals surface area contributed by atoms with E-state index in [1.807, 2.05) is 19.1 Å². The molecule has 0 aliphatic heterocycles. The van der Waals surface area contributed by atoms with Gasteiger partial charge in [0.25, 0.3) is 0 Å². The van der Waals surface area contributed by atoms with Crippen LogP contribution in [-0.4, -0.2) is 22.3 Å². The minimum Gasteiger partial charge on any atom is -0.312 e. The van der Waals surface area contributed by atoms with E-state index in [1.54, 1.807) is 12.1 Å². The van der Waals surface area contributed by atoms with Gasteiger partial charge in [0.05, 0.1) is 11.6 Å². The van der Waals surface area contributed by atoms with Crippen molar-refractivity contribution >= 4 is 10.8 Å². The van der Waals surface area contributed by atoms with Gasteiger partial charge in [0.1, 0.15) is 0 Å². The van der Waals surface area contributed by atoms with Crippen LogP contribution < -0.4 is 5.32 Å². The average molecular weight is 236 g/mol. The first-order chi connectivity index (χ1) is 7.76. The molecule has 16 heavy (non-hydrogen) atoms. The Labute approximate surface area is 98.9 Å². The van der Waals surface area contributed by atoms with Crippen LogP contribution in [0.15, 0.2) is 24.3 Å². The summed E-state index contributed by atoms with van der Waals surface area (Å²) in [6.07, 6.45) is 0. The standard InChI is InChI=1S/C12H16N2OS/c1-2-16(15)8-7-14-10-12-5-3-11(9-13)4-6-12/h3-6,14H,2,7-8,10H2,1H3. The van der Waals surface area contributed by atoms with Crippen molar-refractivity contribution in [1.82, 2.24) is 5.32 Å². The van der Waals surface area contributed by atoms with Gasteiger partial charge in [-0.3, -0.25) is 4.21 Å². The molecule has 1 unspecified atom stereocenters. The summed E-state index contributed by atoms with van der Waals surface area (Å²) < 4.78 is 11.1. The Bertz CT molecular complexity index is 381. The molecule has 1 rings (SSSR count). The van der Waals surface area contributed by atoms with Crippen molar-refractivity contribution < 1.29 is 4.21 Å². The molecule has 1 atom stereocenters. The van der Waals surface area contributed by atoms with E-state index in [1.165, 1.54) is 0 Å². The molecule has 1 aromatic rings. The SMILES string of the molecule is CCS(=O)CCNCc1ccc(C#N)cc1. The Balaban J connectivity index is 2.27. The van der Waals surface area contributed by atoms with E-state index >= 15 is 0 Å². The van der Waals surface area contributed by atoms with Crippen LogP contribution in [0.25, 0.3) is 0 Å². The number of nitrogens with zero attached hydrogens (tertiary/aromatic N) is 1. The first kappa shape index (κ1) is 12.9. The fourth-order valence-corrected chi connectivity index (χ4v) is 1.92. The van der Waals surface area contributed by atoms with Gasteiger partial charge in [0, 0.05) is 35.4 Å². The fourth-order valence-electron chi connectivity index (χ4n) is 1.26. The van der Waals surface area contributed by atoms with E-state index in [0.29, 0.717) is 11.3 Å². The van der Waals surface area contributed by atoms with Crippen molar-refractivity contribution in [2.45, 2.75) is 13.5 Å². The maximum absolute atomic E-state index is 11.1. The molecule has 0 saturated carbocycles. The van der Waals surface area contributed by atoms with E-state index in [-0.39, 0.29) is 0 Å². The molecule has 0 fully saturated rings. The lowest BCUT2D eigenvalue weighted by molar-refractivity contribution is 0.674. The normalized spacial score (nSPS) is 12.0. The number of benzene rings is 1. The van der Waals surface area contributed by atoms with E-state index in [2.05, 4.69) is 11.4 Å². The molecular weight excluding hydrogens is 220 g/mol. The van der Waals surface area contributed by atoms with Crippen molar-refractivity contribution in [3.8, 4) is 6.07 Å². The van der Waals surface area contributed by atoms with Crippen LogP contribution in [0.2, 0.25) is 0 Å². The second-order valence-corrected chi connectivity index (χ2v) is 5.28. The number of nitriles is 1. The first-order valence-electron chi connectivity index (χ1n) is 5.31. The van der Waals surface area contributed by atoms with Crippen LogP contribution in [0.4, 0.5) is 0 Å². The lowest BCUT2D eigenvalue weighted by atomic mass is 10.1. The molecule has 0 heterocycles. The molecule has 3 nitrogen and oxygen atoms in total. The van der Waals surface area contributed by atoms with Gasteiger partial charge < -0.3 is 5.32 Å². The summed E-state index contributed by atoms with van der Waals surface area (Å²) in [5.41, 5.74) is 1.82. The maximum Gasteiger partial charge on any atom is 0.0991 e. The van der Waals surface area contributed by atoms with Crippen molar-refractivity contribution in [2.24, 2.45) is 0 Å². The highest BCUT2D eigenvalue weighted by molar-refractivity contribution is 7.84. The summed E-state index contributed by atoms with van der Waals surface area (Å²) in [6.45, 7) is 3.45. The number of hydrogen-bond donors (Lipinski definition) is 1. The number of hydrogen-bond acceptors (Lipinski definition) is 3. The lowest BCUT2D eigenvalue weighted by Crippen LogP contribution is -2.20. The van der Waals surface area contributed by atoms with Crippen LogP contribution in [0.3, 0.4) is 0 Å². The molecule has 0 amide bonds. The third kappa shape index (κ3) is 4.56. The zero-order valence-electron chi connectivity index (χ0n) is 9.40. The van der Waals surface area contributed by atoms with E-state index in [9.17, 15) is 4.21 Å². The van der Waals surface area contributed by atoms with Gasteiger partial charge in [-0.25, -0.2) is 0 Å². The minimum absolute atomic E-state index is 0.677. The van der Waals surface area contributed by atoms with E-state index in [4.69, 9.17) is 5.26 Å². The Morgan fingerprint density at radius 1 is 1.38 bits per heavy atom. The Morgan fingerprint density at radius 2 is 2.06 bits per heavy atom. The zero-order valence-corrected chi connectivity index (χ0v) is 10.2. The van der Waals surface area contributed by atoms with Crippen LogP contribution in [0, 0.1) is 11.3 Å². The predicted molar refractivity (Wildman–Crippen MR) is 66.4 cm³/mol. The Kier molecular flexibility index (Phi) is 5.76. The second-order valence-electron chi connectivity index (χ2n) is 3.42. The van der Waals surface area contributed by atoms with Gasteiger partial charge >= 0.3 is 0 Å². The second kappa shape index (κ2) is 7.15. The predicted octanol–water partition coefficient (Wildman–Crippen LogP) is 1.42. The number of rotatable bonds is 6. The Morgan fingerprint density at radius 3 is 2.62 bits per heavy atom. The van der Waals surface area contributed by atoms with Crippen molar-refractivity contribution in [3.63, 3.8) is 0 Å². The van der Waals surface area contributed by atoms with E-state index < -0.39 is 10.8 Å². The molecule has 1 N–H and O–H groups in total. The summed E-state index contributed by atoms with van der Waals surface area (Å²) >= 11 is 0. The van der Waals surface area contributed by atoms with Crippen LogP contribution in [0.1, 0.15) is 18.1 Å². The Hall–Kier alpha value is -1.18. The average Bonchev–Trinajstić information content (AvgIpc) is 2.35. The summed E-state index contributed by atoms with van der Waals surface area (Å²) in [6, 6.07) is 9.56. The van der Waals surface area contributed by atoms with Crippen molar-refractivity contribution in [3.05, 3.63) is 35.4 Å². The molecule has 0 aliphatic carbocycles. The third-order valence-electron chi connectivity index (χ3n) is 2.24. The topological polar surface area (TPSA) is 52.9 Å². The van der Waals surface area contributed by atoms with Gasteiger partial charge in [0.15, 0.2) is 0 Å². The minimum atomic E-state index is -0.696. The molecule has 0 aromatic heterocycles. The van der Waals surface area contributed by atoms with Gasteiger partial charge in [-0.1, -0.05) is 19.1 Å². The molecule has 4 heteroatoms. The smallest absolute Gasteiger partial charge is 0.0991 e. The zero-order chi connectivity index (χ0) is 11.8. The summed E-state index contributed by atoms with van der Waals surface area (Å²) in [5.74, 6) is 1.42. The molecule has 0 aliphatic rings. The quantitative estimate of drug-likeness (QED) is 0.760. The molecule has 86 valence electrons. The fraction of sp³-hybridized carbons (Fsp3) is 0.417. The number of nitrogens with one attached hydrogen (secondary N) is 1. The molecule has 0 saturated heterocycles. The molecule has 1 aromatic carbocycles. The van der Waals surface area contributed by atoms with Crippen LogP contribution in [-0.2, 0) is 17.3 Å². The van der Waals surface area contributed by atoms with Gasteiger partial charge in [0.2, 0.25) is 0 Å². The molecule has 0 radical (unpaired) electrons. The molecule has 0 spiro atoms.